The van der Waals surface area contributed by atoms with E-state index in [4.69, 9.17) is 9.15 Å². The van der Waals surface area contributed by atoms with Gasteiger partial charge in [0.2, 0.25) is 0 Å². The number of rotatable bonds is 7. The van der Waals surface area contributed by atoms with Crippen LogP contribution in [-0.2, 0) is 9.53 Å². The van der Waals surface area contributed by atoms with Crippen molar-refractivity contribution in [3.05, 3.63) is 113 Å². The number of hydrogen-bond acceptors (Lipinski definition) is 9. The van der Waals surface area contributed by atoms with Crippen LogP contribution in [0.15, 0.2) is 91.0 Å². The third-order valence-electron chi connectivity index (χ3n) is 6.28. The molecule has 0 bridgehead atoms. The van der Waals surface area contributed by atoms with Gasteiger partial charge >= 0.3 is 5.97 Å². The number of benzene rings is 2. The van der Waals surface area contributed by atoms with Gasteiger partial charge in [-0.1, -0.05) is 23.5 Å². The monoisotopic (exact) mass is 575 g/mol. The van der Waals surface area contributed by atoms with Gasteiger partial charge in [-0.15, -0.1) is 11.8 Å². The Morgan fingerprint density at radius 1 is 1.15 bits per heavy atom. The fourth-order valence-corrected chi connectivity index (χ4v) is 5.86. The predicted octanol–water partition coefficient (Wildman–Crippen LogP) is 5.08. The first-order chi connectivity index (χ1) is 19.2. The highest BCUT2D eigenvalue weighted by molar-refractivity contribution is 7.98. The summed E-state index contributed by atoms with van der Waals surface area (Å²) in [5.74, 6) is 0.438. The zero-order valence-corrected chi connectivity index (χ0v) is 23.7. The quantitative estimate of drug-likeness (QED) is 0.131. The van der Waals surface area contributed by atoms with E-state index < -0.39 is 16.9 Å². The summed E-state index contributed by atoms with van der Waals surface area (Å²) in [6, 6.07) is 16.5. The lowest BCUT2D eigenvalue weighted by atomic mass is 9.96. The number of non-ortho nitro benzene ring substituents is 1. The number of esters is 1. The minimum atomic E-state index is -0.701. The van der Waals surface area contributed by atoms with Crippen molar-refractivity contribution in [3.63, 3.8) is 0 Å². The molecule has 0 radical (unpaired) electrons. The number of ether oxygens (including phenoxy) is 1. The van der Waals surface area contributed by atoms with Gasteiger partial charge in [-0.05, 0) is 69.0 Å². The van der Waals surface area contributed by atoms with Crippen molar-refractivity contribution in [1.82, 2.24) is 4.57 Å². The summed E-state index contributed by atoms with van der Waals surface area (Å²) in [5.41, 5.74) is 1.94. The highest BCUT2D eigenvalue weighted by Crippen LogP contribution is 2.32. The normalized spacial score (nSPS) is 15.2. The topological polar surface area (TPSA) is 117 Å². The number of allylic oxidation sites excluding steroid dienone is 1. The van der Waals surface area contributed by atoms with Gasteiger partial charge in [-0.2, -0.15) is 0 Å². The van der Waals surface area contributed by atoms with Gasteiger partial charge in [0.05, 0.1) is 32.9 Å². The molecule has 5 rings (SSSR count). The van der Waals surface area contributed by atoms with Crippen molar-refractivity contribution in [2.45, 2.75) is 37.8 Å². The van der Waals surface area contributed by atoms with Crippen LogP contribution in [0.3, 0.4) is 0 Å². The van der Waals surface area contributed by atoms with E-state index in [-0.39, 0.29) is 17.4 Å². The number of nitrogens with zero attached hydrogens (tertiary/aromatic N) is 3. The number of furan rings is 1. The molecule has 2 aromatic carbocycles. The Balaban J connectivity index is 1.59. The number of thiazole rings is 1. The van der Waals surface area contributed by atoms with Crippen LogP contribution < -0.4 is 14.9 Å². The van der Waals surface area contributed by atoms with E-state index in [2.05, 4.69) is 4.99 Å². The van der Waals surface area contributed by atoms with Gasteiger partial charge in [-0.25, -0.2) is 9.79 Å². The molecule has 4 aromatic rings. The van der Waals surface area contributed by atoms with Crippen molar-refractivity contribution in [3.8, 4) is 11.3 Å². The summed E-state index contributed by atoms with van der Waals surface area (Å²) in [4.78, 5) is 43.7. The second kappa shape index (κ2) is 11.1. The number of carbonyl (C=O) groups excluding carboxylic acids is 1. The molecular weight excluding hydrogens is 550 g/mol. The number of nitro benzene ring substituents is 1. The van der Waals surface area contributed by atoms with Crippen LogP contribution in [0.2, 0.25) is 0 Å². The smallest absolute Gasteiger partial charge is 0.338 e. The lowest BCUT2D eigenvalue weighted by Crippen LogP contribution is -2.40. The molecule has 9 nitrogen and oxygen atoms in total. The van der Waals surface area contributed by atoms with E-state index >= 15 is 0 Å². The summed E-state index contributed by atoms with van der Waals surface area (Å²) in [5, 5.41) is 10.9. The second-order valence-corrected chi connectivity index (χ2v) is 11.2. The molecule has 11 heteroatoms. The van der Waals surface area contributed by atoms with Crippen molar-refractivity contribution in [1.29, 1.82) is 0 Å². The molecule has 2 aromatic heterocycles. The van der Waals surface area contributed by atoms with Crippen molar-refractivity contribution < 1.29 is 18.9 Å². The Hall–Kier alpha value is -4.22. The number of thioether (sulfide) groups is 1. The second-order valence-electron chi connectivity index (χ2n) is 9.32. The van der Waals surface area contributed by atoms with Crippen molar-refractivity contribution in [2.75, 3.05) is 6.26 Å². The summed E-state index contributed by atoms with van der Waals surface area (Å²) in [6.45, 7) is 5.31. The molecule has 1 atom stereocenters. The van der Waals surface area contributed by atoms with Crippen LogP contribution in [0.4, 0.5) is 5.69 Å². The maximum Gasteiger partial charge on any atom is 0.338 e. The number of aromatic nitrogens is 1. The highest BCUT2D eigenvalue weighted by atomic mass is 32.2. The Morgan fingerprint density at radius 2 is 1.85 bits per heavy atom. The zero-order valence-electron chi connectivity index (χ0n) is 22.1. The summed E-state index contributed by atoms with van der Waals surface area (Å²) in [7, 11) is 0. The number of nitro groups is 1. The van der Waals surface area contributed by atoms with Gasteiger partial charge in [0, 0.05) is 28.7 Å². The van der Waals surface area contributed by atoms with Gasteiger partial charge in [0.1, 0.15) is 11.5 Å². The van der Waals surface area contributed by atoms with E-state index in [1.165, 1.54) is 28.0 Å². The Bertz CT molecular complexity index is 1810. The molecule has 1 aliphatic heterocycles. The van der Waals surface area contributed by atoms with Crippen LogP contribution >= 0.6 is 23.1 Å². The minimum absolute atomic E-state index is 0.0128. The zero-order chi connectivity index (χ0) is 28.6. The van der Waals surface area contributed by atoms with Crippen LogP contribution in [0.1, 0.15) is 38.1 Å². The van der Waals surface area contributed by atoms with Gasteiger partial charge in [0.15, 0.2) is 4.80 Å². The molecule has 40 heavy (non-hydrogen) atoms. The molecule has 1 aliphatic rings. The molecule has 3 heterocycles. The van der Waals surface area contributed by atoms with Gasteiger partial charge < -0.3 is 9.15 Å². The standard InChI is InChI=1S/C29H25N3O6S2/c1-16(2)37-28(34)25-17(3)30-29-31(26(25)19-7-12-22(39-4)13-8-19)27(33)24(40-29)15-21-11-14-23(38-21)18-5-9-20(10-6-18)32(35)36/h5-16,26H,1-4H3/b24-15-/t26-/m0/s1. The van der Waals surface area contributed by atoms with Crippen molar-refractivity contribution in [2.24, 2.45) is 4.99 Å². The molecule has 0 saturated heterocycles. The van der Waals surface area contributed by atoms with Crippen LogP contribution in [0, 0.1) is 10.1 Å². The summed E-state index contributed by atoms with van der Waals surface area (Å²) >= 11 is 2.81. The predicted molar refractivity (Wildman–Crippen MR) is 154 cm³/mol. The third-order valence-corrected chi connectivity index (χ3v) is 8.01. The SMILES string of the molecule is CSc1ccc([C@H]2C(C(=O)OC(C)C)=C(C)N=c3s/c(=C\c4ccc(-c5ccc([N+](=O)[O-])cc5)o4)c(=O)n32)cc1. The lowest BCUT2D eigenvalue weighted by molar-refractivity contribution is -0.384. The van der Waals surface area contributed by atoms with Crippen molar-refractivity contribution >= 4 is 40.8 Å². The Labute approximate surface area is 237 Å². The Morgan fingerprint density at radius 3 is 2.48 bits per heavy atom. The average Bonchev–Trinajstić information content (AvgIpc) is 3.52. The van der Waals surface area contributed by atoms with Crippen LogP contribution in [0.5, 0.6) is 0 Å². The van der Waals surface area contributed by atoms with E-state index in [0.29, 0.717) is 37.7 Å². The third kappa shape index (κ3) is 5.30. The van der Waals surface area contributed by atoms with Crippen LogP contribution in [0.25, 0.3) is 17.4 Å². The maximum absolute atomic E-state index is 13.8. The molecule has 0 spiro atoms. The minimum Gasteiger partial charge on any atom is -0.459 e. The number of hydrogen-bond donors (Lipinski definition) is 0. The van der Waals surface area contributed by atoms with Gasteiger partial charge in [0.25, 0.3) is 11.2 Å². The molecule has 0 amide bonds. The van der Waals surface area contributed by atoms with Crippen LogP contribution in [-0.4, -0.2) is 27.8 Å². The fraction of sp³-hybridized carbons (Fsp3) is 0.207. The molecule has 0 aliphatic carbocycles. The number of carbonyl (C=O) groups is 1. The molecule has 0 N–H and O–H groups in total. The van der Waals surface area contributed by atoms with E-state index in [1.807, 2.05) is 30.5 Å². The number of fused-ring (bicyclic) bond motifs is 1. The molecule has 0 unspecified atom stereocenters. The lowest BCUT2D eigenvalue weighted by Gasteiger charge is -2.25. The summed E-state index contributed by atoms with van der Waals surface area (Å²) < 4.78 is 13.4. The van der Waals surface area contributed by atoms with E-state index in [1.54, 1.807) is 62.9 Å². The molecular formula is C29H25N3O6S2. The first-order valence-corrected chi connectivity index (χ1v) is 14.4. The molecule has 204 valence electrons. The molecule has 0 saturated carbocycles. The fourth-order valence-electron chi connectivity index (χ4n) is 4.42. The summed E-state index contributed by atoms with van der Waals surface area (Å²) in [6.07, 6.45) is 3.29. The van der Waals surface area contributed by atoms with E-state index in [0.717, 1.165) is 10.5 Å². The molecule has 0 fully saturated rings. The van der Waals surface area contributed by atoms with E-state index in [9.17, 15) is 19.7 Å². The average molecular weight is 576 g/mol. The first kappa shape index (κ1) is 27.4. The highest BCUT2D eigenvalue weighted by Gasteiger charge is 2.33. The Kier molecular flexibility index (Phi) is 7.59. The first-order valence-electron chi connectivity index (χ1n) is 12.4. The maximum atomic E-state index is 13.8. The van der Waals surface area contributed by atoms with Gasteiger partial charge in [-0.3, -0.25) is 19.5 Å². The largest absolute Gasteiger partial charge is 0.459 e.